The van der Waals surface area contributed by atoms with Gasteiger partial charge in [0.2, 0.25) is 0 Å². The molecule has 0 aliphatic rings. The Labute approximate surface area is 182 Å². The van der Waals surface area contributed by atoms with Crippen LogP contribution in [0.25, 0.3) is 5.69 Å². The first kappa shape index (κ1) is 23.1. The second-order valence-corrected chi connectivity index (χ2v) is 7.70. The molecule has 10 heteroatoms. The maximum atomic E-state index is 12.7. The highest BCUT2D eigenvalue weighted by Crippen LogP contribution is 2.30. The second kappa shape index (κ2) is 8.52. The Balaban J connectivity index is 1.70. The highest BCUT2D eigenvalue weighted by Gasteiger charge is 2.30. The minimum absolute atomic E-state index is 0.0900. The van der Waals surface area contributed by atoms with E-state index in [0.717, 1.165) is 12.1 Å². The lowest BCUT2D eigenvalue weighted by molar-refractivity contribution is -0.152. The number of aliphatic carboxylic acids is 1. The van der Waals surface area contributed by atoms with E-state index < -0.39 is 23.3 Å². The number of carbonyl (C=O) groups is 1. The number of aromatic nitrogens is 3. The molecule has 0 fully saturated rings. The Morgan fingerprint density at radius 3 is 2.28 bits per heavy atom. The maximum absolute atomic E-state index is 12.7. The van der Waals surface area contributed by atoms with E-state index in [1.165, 1.54) is 30.8 Å². The summed E-state index contributed by atoms with van der Waals surface area (Å²) in [4.78, 5) is 12.5. The SMILES string of the molecule is Cc1cc(OCc2nn(-c3ccc(C(F)(F)F)cc3)nc2C)ccc1OC(C)(C)C(=O)O. The molecule has 3 rings (SSSR count). The van der Waals surface area contributed by atoms with Crippen LogP contribution in [0.5, 0.6) is 11.5 Å². The molecule has 0 aliphatic heterocycles. The standard InChI is InChI=1S/C22H22F3N3O4/c1-13-11-17(9-10-19(13)32-21(3,4)20(29)30)31-12-18-14(2)26-28(27-18)16-7-5-15(6-8-16)22(23,24)25/h5-11H,12H2,1-4H3,(H,29,30). The van der Waals surface area contributed by atoms with Crippen LogP contribution in [0.1, 0.15) is 36.4 Å². The molecule has 3 aromatic rings. The van der Waals surface area contributed by atoms with Gasteiger partial charge in [0, 0.05) is 0 Å². The summed E-state index contributed by atoms with van der Waals surface area (Å²) < 4.78 is 49.5. The number of alkyl halides is 3. The largest absolute Gasteiger partial charge is 0.487 e. The minimum Gasteiger partial charge on any atom is -0.487 e. The Morgan fingerprint density at radius 2 is 1.72 bits per heavy atom. The molecule has 0 amide bonds. The fraction of sp³-hybridized carbons (Fsp3) is 0.318. The van der Waals surface area contributed by atoms with E-state index in [-0.39, 0.29) is 6.61 Å². The number of halogens is 3. The van der Waals surface area contributed by atoms with Crippen LogP contribution in [0.15, 0.2) is 42.5 Å². The topological polar surface area (TPSA) is 86.5 Å². The summed E-state index contributed by atoms with van der Waals surface area (Å²) in [6, 6.07) is 9.53. The molecule has 0 unspecified atom stereocenters. The van der Waals surface area contributed by atoms with E-state index in [1.54, 1.807) is 32.0 Å². The number of carboxylic acid groups (broad SMARTS) is 1. The van der Waals surface area contributed by atoms with Crippen molar-refractivity contribution in [1.82, 2.24) is 15.0 Å². The molecular formula is C22H22F3N3O4. The number of hydrogen-bond donors (Lipinski definition) is 1. The van der Waals surface area contributed by atoms with E-state index in [2.05, 4.69) is 10.2 Å². The summed E-state index contributed by atoms with van der Waals surface area (Å²) in [7, 11) is 0. The van der Waals surface area contributed by atoms with Crippen LogP contribution >= 0.6 is 0 Å². The molecule has 1 aromatic heterocycles. The number of carboxylic acids is 1. The first-order valence-corrected chi connectivity index (χ1v) is 9.63. The summed E-state index contributed by atoms with van der Waals surface area (Å²) in [6.45, 7) is 6.51. The van der Waals surface area contributed by atoms with Gasteiger partial charge in [0.05, 0.1) is 16.9 Å². The molecule has 0 saturated heterocycles. The molecule has 170 valence electrons. The lowest BCUT2D eigenvalue weighted by Gasteiger charge is -2.23. The molecule has 7 nitrogen and oxygen atoms in total. The molecule has 1 heterocycles. The number of aryl methyl sites for hydroxylation is 2. The predicted molar refractivity (Wildman–Crippen MR) is 109 cm³/mol. The maximum Gasteiger partial charge on any atom is 0.416 e. The fourth-order valence-electron chi connectivity index (χ4n) is 2.74. The Bertz CT molecular complexity index is 1120. The fourth-order valence-corrected chi connectivity index (χ4v) is 2.74. The smallest absolute Gasteiger partial charge is 0.416 e. The summed E-state index contributed by atoms with van der Waals surface area (Å²) in [6.07, 6.45) is -4.41. The number of ether oxygens (including phenoxy) is 2. The normalized spacial score (nSPS) is 12.0. The van der Waals surface area contributed by atoms with E-state index >= 15 is 0 Å². The molecule has 0 atom stereocenters. The zero-order valence-corrected chi connectivity index (χ0v) is 17.9. The van der Waals surface area contributed by atoms with Crippen LogP contribution in [0.2, 0.25) is 0 Å². The summed E-state index contributed by atoms with van der Waals surface area (Å²) >= 11 is 0. The average molecular weight is 449 g/mol. The van der Waals surface area contributed by atoms with Crippen molar-refractivity contribution in [2.75, 3.05) is 0 Å². The van der Waals surface area contributed by atoms with Crippen LogP contribution in [-0.2, 0) is 17.6 Å². The lowest BCUT2D eigenvalue weighted by atomic mass is 10.1. The van der Waals surface area contributed by atoms with E-state index in [0.29, 0.717) is 34.1 Å². The third-order valence-corrected chi connectivity index (χ3v) is 4.71. The van der Waals surface area contributed by atoms with Crippen molar-refractivity contribution in [1.29, 1.82) is 0 Å². The van der Waals surface area contributed by atoms with Gasteiger partial charge >= 0.3 is 12.1 Å². The first-order chi connectivity index (χ1) is 14.9. The van der Waals surface area contributed by atoms with Crippen molar-refractivity contribution in [2.45, 2.75) is 46.1 Å². The molecule has 0 saturated carbocycles. The van der Waals surface area contributed by atoms with Gasteiger partial charge < -0.3 is 14.6 Å². The second-order valence-electron chi connectivity index (χ2n) is 7.70. The van der Waals surface area contributed by atoms with Gasteiger partial charge in [0.15, 0.2) is 5.60 Å². The van der Waals surface area contributed by atoms with Crippen LogP contribution in [0.4, 0.5) is 13.2 Å². The van der Waals surface area contributed by atoms with Gasteiger partial charge in [0.25, 0.3) is 0 Å². The summed E-state index contributed by atoms with van der Waals surface area (Å²) in [5, 5.41) is 17.7. The Hall–Kier alpha value is -3.56. The molecule has 0 spiro atoms. The summed E-state index contributed by atoms with van der Waals surface area (Å²) in [5.74, 6) is -0.135. The zero-order valence-electron chi connectivity index (χ0n) is 17.9. The number of rotatable bonds is 7. The van der Waals surface area contributed by atoms with Crippen molar-refractivity contribution < 1.29 is 32.5 Å². The Morgan fingerprint density at radius 1 is 1.06 bits per heavy atom. The molecule has 0 aliphatic carbocycles. The van der Waals surface area contributed by atoms with Crippen molar-refractivity contribution in [3.05, 3.63) is 65.0 Å². The molecule has 2 aromatic carbocycles. The summed E-state index contributed by atoms with van der Waals surface area (Å²) in [5.41, 5.74) is 0.0664. The number of nitrogens with zero attached hydrogens (tertiary/aromatic N) is 3. The molecular weight excluding hydrogens is 427 g/mol. The third-order valence-electron chi connectivity index (χ3n) is 4.71. The van der Waals surface area contributed by atoms with Gasteiger partial charge in [-0.15, -0.1) is 5.10 Å². The number of benzene rings is 2. The van der Waals surface area contributed by atoms with E-state index in [9.17, 15) is 23.1 Å². The minimum atomic E-state index is -4.41. The van der Waals surface area contributed by atoms with Gasteiger partial charge in [0.1, 0.15) is 23.8 Å². The van der Waals surface area contributed by atoms with Gasteiger partial charge in [-0.1, -0.05) is 0 Å². The van der Waals surface area contributed by atoms with Crippen molar-refractivity contribution in [3.8, 4) is 17.2 Å². The van der Waals surface area contributed by atoms with E-state index in [4.69, 9.17) is 9.47 Å². The molecule has 32 heavy (non-hydrogen) atoms. The average Bonchev–Trinajstić information content (AvgIpc) is 3.08. The van der Waals surface area contributed by atoms with Crippen molar-refractivity contribution in [2.24, 2.45) is 0 Å². The van der Waals surface area contributed by atoms with Crippen molar-refractivity contribution >= 4 is 5.97 Å². The van der Waals surface area contributed by atoms with Crippen LogP contribution in [0, 0.1) is 13.8 Å². The predicted octanol–water partition coefficient (Wildman–Crippen LogP) is 4.72. The van der Waals surface area contributed by atoms with Crippen molar-refractivity contribution in [3.63, 3.8) is 0 Å². The lowest BCUT2D eigenvalue weighted by Crippen LogP contribution is -2.38. The van der Waals surface area contributed by atoms with Crippen LogP contribution in [-0.4, -0.2) is 31.7 Å². The molecule has 1 N–H and O–H groups in total. The van der Waals surface area contributed by atoms with Gasteiger partial charge in [-0.25, -0.2) is 4.79 Å². The highest BCUT2D eigenvalue weighted by molar-refractivity contribution is 5.76. The zero-order chi connectivity index (χ0) is 23.7. The molecule has 0 radical (unpaired) electrons. The van der Waals surface area contributed by atoms with Gasteiger partial charge in [-0.2, -0.15) is 23.1 Å². The highest BCUT2D eigenvalue weighted by atomic mass is 19.4. The van der Waals surface area contributed by atoms with Crippen LogP contribution < -0.4 is 9.47 Å². The van der Waals surface area contributed by atoms with Gasteiger partial charge in [-0.3, -0.25) is 0 Å². The quantitative estimate of drug-likeness (QED) is 0.562. The van der Waals surface area contributed by atoms with Gasteiger partial charge in [-0.05, 0) is 75.7 Å². The molecule has 0 bridgehead atoms. The first-order valence-electron chi connectivity index (χ1n) is 9.63. The third kappa shape index (κ3) is 5.19. The number of hydrogen-bond acceptors (Lipinski definition) is 5. The Kier molecular flexibility index (Phi) is 6.16. The van der Waals surface area contributed by atoms with Crippen LogP contribution in [0.3, 0.4) is 0 Å². The van der Waals surface area contributed by atoms with E-state index in [1.807, 2.05) is 0 Å². The monoisotopic (exact) mass is 449 g/mol.